The van der Waals surface area contributed by atoms with Gasteiger partial charge in [0, 0.05) is 24.0 Å². The van der Waals surface area contributed by atoms with Gasteiger partial charge in [-0.25, -0.2) is 4.79 Å². The molecule has 1 aromatic heterocycles. The van der Waals surface area contributed by atoms with Crippen molar-refractivity contribution >= 4 is 12.0 Å². The Balaban J connectivity index is 2.98. The van der Waals surface area contributed by atoms with Crippen molar-refractivity contribution in [1.29, 1.82) is 0 Å². The summed E-state index contributed by atoms with van der Waals surface area (Å²) in [7, 11) is 0. The normalized spacial score (nSPS) is 10.5. The van der Waals surface area contributed by atoms with Crippen molar-refractivity contribution < 1.29 is 15.0 Å². The quantitative estimate of drug-likeness (QED) is 0.567. The van der Waals surface area contributed by atoms with E-state index in [1.807, 2.05) is 0 Å². The highest BCUT2D eigenvalue weighted by Gasteiger charge is 1.95. The number of hydrogen-bond donors (Lipinski definition) is 3. The number of nitrogens with one attached hydrogen (secondary N) is 1. The van der Waals surface area contributed by atoms with E-state index in [0.717, 1.165) is 18.3 Å². The van der Waals surface area contributed by atoms with E-state index in [0.29, 0.717) is 5.69 Å². The van der Waals surface area contributed by atoms with Gasteiger partial charge in [0.2, 0.25) is 5.43 Å². The Bertz CT molecular complexity index is 405. The molecule has 1 rings (SSSR count). The molecule has 0 bridgehead atoms. The first-order valence-corrected chi connectivity index (χ1v) is 3.42. The second-order valence-corrected chi connectivity index (χ2v) is 2.31. The van der Waals surface area contributed by atoms with E-state index in [9.17, 15) is 9.59 Å². The third-order valence-electron chi connectivity index (χ3n) is 1.32. The maximum absolute atomic E-state index is 10.8. The Labute approximate surface area is 73.0 Å². The molecule has 0 spiro atoms. The molecule has 0 saturated carbocycles. The zero-order valence-electron chi connectivity index (χ0n) is 6.52. The molecule has 0 radical (unpaired) electrons. The molecule has 0 aliphatic carbocycles. The lowest BCUT2D eigenvalue weighted by atomic mass is 10.3. The third kappa shape index (κ3) is 2.48. The van der Waals surface area contributed by atoms with Crippen molar-refractivity contribution in [2.75, 3.05) is 0 Å². The number of carboxylic acids is 1. The number of carbonyl (C=O) groups is 1. The van der Waals surface area contributed by atoms with Crippen LogP contribution in [0, 0.1) is 0 Å². The summed E-state index contributed by atoms with van der Waals surface area (Å²) < 4.78 is 0. The number of hydrogen-bond acceptors (Lipinski definition) is 3. The maximum Gasteiger partial charge on any atom is 0.328 e. The van der Waals surface area contributed by atoms with E-state index < -0.39 is 17.1 Å². The van der Waals surface area contributed by atoms with E-state index in [2.05, 4.69) is 4.98 Å². The lowest BCUT2D eigenvalue weighted by Gasteiger charge is -1.92. The van der Waals surface area contributed by atoms with Crippen LogP contribution in [0.25, 0.3) is 6.08 Å². The minimum absolute atomic E-state index is 0.324. The van der Waals surface area contributed by atoms with Crippen LogP contribution < -0.4 is 5.43 Å². The topological polar surface area (TPSA) is 90.4 Å². The van der Waals surface area contributed by atoms with Crippen LogP contribution in [-0.2, 0) is 4.79 Å². The Morgan fingerprint density at radius 3 is 2.77 bits per heavy atom. The number of aliphatic carboxylic acids is 1. The molecular formula is C8H7NO4. The van der Waals surface area contributed by atoms with Crippen LogP contribution in [0.5, 0.6) is 5.75 Å². The van der Waals surface area contributed by atoms with Crippen LogP contribution in [0.2, 0.25) is 0 Å². The highest BCUT2D eigenvalue weighted by molar-refractivity contribution is 5.84. The molecular weight excluding hydrogens is 174 g/mol. The van der Waals surface area contributed by atoms with Gasteiger partial charge in [-0.05, 0) is 6.08 Å². The lowest BCUT2D eigenvalue weighted by molar-refractivity contribution is -0.131. The first kappa shape index (κ1) is 9.05. The lowest BCUT2D eigenvalue weighted by Crippen LogP contribution is -2.00. The van der Waals surface area contributed by atoms with Crippen molar-refractivity contribution in [2.24, 2.45) is 0 Å². The van der Waals surface area contributed by atoms with E-state index in [4.69, 9.17) is 10.2 Å². The molecule has 0 unspecified atom stereocenters. The van der Waals surface area contributed by atoms with Gasteiger partial charge in [0.05, 0.1) is 0 Å². The van der Waals surface area contributed by atoms with Gasteiger partial charge in [-0.15, -0.1) is 0 Å². The second kappa shape index (κ2) is 3.57. The van der Waals surface area contributed by atoms with Crippen LogP contribution in [0.1, 0.15) is 5.69 Å². The van der Waals surface area contributed by atoms with Gasteiger partial charge in [-0.1, -0.05) is 0 Å². The Hall–Kier alpha value is -2.04. The van der Waals surface area contributed by atoms with Crippen molar-refractivity contribution in [3.63, 3.8) is 0 Å². The largest absolute Gasteiger partial charge is 0.503 e. The highest BCUT2D eigenvalue weighted by Crippen LogP contribution is 1.99. The number of rotatable bonds is 2. The molecule has 1 heterocycles. The van der Waals surface area contributed by atoms with Crippen LogP contribution in [0.15, 0.2) is 23.1 Å². The zero-order valence-corrected chi connectivity index (χ0v) is 6.52. The fourth-order valence-corrected chi connectivity index (χ4v) is 0.737. The van der Waals surface area contributed by atoms with Crippen molar-refractivity contribution in [3.8, 4) is 5.75 Å². The molecule has 5 heteroatoms. The van der Waals surface area contributed by atoms with E-state index >= 15 is 0 Å². The summed E-state index contributed by atoms with van der Waals surface area (Å²) >= 11 is 0. The van der Waals surface area contributed by atoms with Crippen LogP contribution in [-0.4, -0.2) is 21.2 Å². The SMILES string of the molecule is O=C(O)C=Cc1cc(=O)c(O)c[nH]1. The van der Waals surface area contributed by atoms with Crippen LogP contribution in [0.4, 0.5) is 0 Å². The highest BCUT2D eigenvalue weighted by atomic mass is 16.4. The fraction of sp³-hybridized carbons (Fsp3) is 0. The number of aromatic nitrogens is 1. The summed E-state index contributed by atoms with van der Waals surface area (Å²) in [6.07, 6.45) is 3.22. The minimum Gasteiger partial charge on any atom is -0.503 e. The second-order valence-electron chi connectivity index (χ2n) is 2.31. The summed E-state index contributed by atoms with van der Waals surface area (Å²) in [4.78, 5) is 23.5. The van der Waals surface area contributed by atoms with Gasteiger partial charge in [0.15, 0.2) is 5.75 Å². The van der Waals surface area contributed by atoms with Crippen molar-refractivity contribution in [1.82, 2.24) is 4.98 Å². The molecule has 13 heavy (non-hydrogen) atoms. The average molecular weight is 181 g/mol. The van der Waals surface area contributed by atoms with Gasteiger partial charge in [-0.2, -0.15) is 0 Å². The molecule has 3 N–H and O–H groups in total. The number of aromatic amines is 1. The van der Waals surface area contributed by atoms with Gasteiger partial charge in [0.1, 0.15) is 0 Å². The zero-order chi connectivity index (χ0) is 9.84. The number of H-pyrrole nitrogens is 1. The third-order valence-corrected chi connectivity index (χ3v) is 1.32. The van der Waals surface area contributed by atoms with Gasteiger partial charge in [-0.3, -0.25) is 4.79 Å². The average Bonchev–Trinajstić information content (AvgIpc) is 2.07. The molecule has 0 amide bonds. The molecule has 0 aliphatic heterocycles. The monoisotopic (exact) mass is 181 g/mol. The molecule has 0 aromatic carbocycles. The van der Waals surface area contributed by atoms with E-state index in [-0.39, 0.29) is 0 Å². The molecule has 0 atom stereocenters. The fourth-order valence-electron chi connectivity index (χ4n) is 0.737. The Morgan fingerprint density at radius 2 is 2.23 bits per heavy atom. The predicted octanol–water partition coefficient (Wildman–Crippen LogP) is 0.178. The predicted molar refractivity (Wildman–Crippen MR) is 45.4 cm³/mol. The summed E-state index contributed by atoms with van der Waals surface area (Å²) in [5.41, 5.74) is -0.228. The van der Waals surface area contributed by atoms with Crippen molar-refractivity contribution in [3.05, 3.63) is 34.3 Å². The smallest absolute Gasteiger partial charge is 0.328 e. The summed E-state index contributed by atoms with van der Waals surface area (Å²) in [6.45, 7) is 0. The van der Waals surface area contributed by atoms with Crippen LogP contribution >= 0.6 is 0 Å². The maximum atomic E-state index is 10.8. The molecule has 0 saturated heterocycles. The summed E-state index contributed by atoms with van der Waals surface area (Å²) in [5, 5.41) is 17.1. The van der Waals surface area contributed by atoms with Crippen LogP contribution in [0.3, 0.4) is 0 Å². The van der Waals surface area contributed by atoms with E-state index in [1.165, 1.54) is 6.08 Å². The molecule has 5 nitrogen and oxygen atoms in total. The Kier molecular flexibility index (Phi) is 2.49. The summed E-state index contributed by atoms with van der Waals surface area (Å²) in [5.74, 6) is -1.50. The number of carboxylic acid groups (broad SMARTS) is 1. The molecule has 1 aromatic rings. The number of aromatic hydroxyl groups is 1. The Morgan fingerprint density at radius 1 is 1.54 bits per heavy atom. The molecule has 0 aliphatic rings. The first-order chi connectivity index (χ1) is 6.09. The van der Waals surface area contributed by atoms with Gasteiger partial charge in [0.25, 0.3) is 0 Å². The van der Waals surface area contributed by atoms with Crippen molar-refractivity contribution in [2.45, 2.75) is 0 Å². The van der Waals surface area contributed by atoms with Gasteiger partial charge < -0.3 is 15.2 Å². The molecule has 0 fully saturated rings. The number of pyridine rings is 1. The minimum atomic E-state index is -1.10. The summed E-state index contributed by atoms with van der Waals surface area (Å²) in [6, 6.07) is 1.11. The molecule has 68 valence electrons. The van der Waals surface area contributed by atoms with Gasteiger partial charge >= 0.3 is 5.97 Å². The standard InChI is InChI=1S/C8H7NO4/c10-6-3-5(1-2-8(12)13)9-4-7(6)11/h1-4,11H,(H,9,10)(H,12,13). The first-order valence-electron chi connectivity index (χ1n) is 3.42. The van der Waals surface area contributed by atoms with E-state index in [1.54, 1.807) is 0 Å².